The van der Waals surface area contributed by atoms with Crippen LogP contribution < -0.4 is 10.2 Å². The van der Waals surface area contributed by atoms with Crippen LogP contribution in [0.2, 0.25) is 0 Å². The highest BCUT2D eigenvalue weighted by Crippen LogP contribution is 2.23. The van der Waals surface area contributed by atoms with Crippen LogP contribution in [0, 0.1) is 6.92 Å². The monoisotopic (exact) mass is 347 g/mol. The second-order valence-electron chi connectivity index (χ2n) is 6.67. The molecule has 5 nitrogen and oxygen atoms in total. The first-order chi connectivity index (χ1) is 12.6. The van der Waals surface area contributed by atoms with Gasteiger partial charge in [0.1, 0.15) is 6.54 Å². The van der Waals surface area contributed by atoms with Crippen LogP contribution in [0.1, 0.15) is 18.5 Å². The first kappa shape index (κ1) is 16.4. The number of carbonyl (C=O) groups is 2. The topological polar surface area (TPSA) is 54.3 Å². The van der Waals surface area contributed by atoms with E-state index >= 15 is 0 Å². The molecule has 3 aromatic rings. The summed E-state index contributed by atoms with van der Waals surface area (Å²) >= 11 is 0. The lowest BCUT2D eigenvalue weighted by Gasteiger charge is -2.16. The SMILES string of the molecule is Cc1cc2ccccc2n1CC(=O)Nc1ccc(N2CCCC2=O)cc1. The summed E-state index contributed by atoms with van der Waals surface area (Å²) in [4.78, 5) is 26.1. The van der Waals surface area contributed by atoms with Gasteiger partial charge in [0, 0.05) is 35.6 Å². The van der Waals surface area contributed by atoms with Gasteiger partial charge in [-0.05, 0) is 55.1 Å². The van der Waals surface area contributed by atoms with Crippen molar-refractivity contribution in [2.45, 2.75) is 26.3 Å². The number of hydrogen-bond donors (Lipinski definition) is 1. The van der Waals surface area contributed by atoms with Crippen LogP contribution in [0.3, 0.4) is 0 Å². The van der Waals surface area contributed by atoms with E-state index in [1.54, 1.807) is 4.90 Å². The maximum atomic E-state index is 12.5. The standard InChI is InChI=1S/C21H21N3O2/c1-15-13-16-5-2-3-6-19(16)24(15)14-20(25)22-17-8-10-18(11-9-17)23-12-4-7-21(23)26/h2-3,5-6,8-11,13H,4,7,12,14H2,1H3,(H,22,25). The highest BCUT2D eigenvalue weighted by molar-refractivity contribution is 5.96. The van der Waals surface area contributed by atoms with Crippen molar-refractivity contribution in [3.05, 3.63) is 60.3 Å². The molecule has 1 aliphatic heterocycles. The van der Waals surface area contributed by atoms with Crippen LogP contribution in [0.4, 0.5) is 11.4 Å². The predicted molar refractivity (Wildman–Crippen MR) is 103 cm³/mol. The second-order valence-corrected chi connectivity index (χ2v) is 6.67. The Labute approximate surface area is 152 Å². The molecule has 0 unspecified atom stereocenters. The van der Waals surface area contributed by atoms with Gasteiger partial charge in [0.15, 0.2) is 0 Å². The molecule has 26 heavy (non-hydrogen) atoms. The summed E-state index contributed by atoms with van der Waals surface area (Å²) in [7, 11) is 0. The number of aromatic nitrogens is 1. The van der Waals surface area contributed by atoms with E-state index in [-0.39, 0.29) is 18.4 Å². The molecular weight excluding hydrogens is 326 g/mol. The van der Waals surface area contributed by atoms with Crippen molar-refractivity contribution in [3.8, 4) is 0 Å². The molecule has 5 heteroatoms. The van der Waals surface area contributed by atoms with Crippen LogP contribution in [0.5, 0.6) is 0 Å². The molecule has 2 heterocycles. The zero-order valence-corrected chi connectivity index (χ0v) is 14.7. The quantitative estimate of drug-likeness (QED) is 0.782. The van der Waals surface area contributed by atoms with Crippen LogP contribution in [-0.4, -0.2) is 22.9 Å². The smallest absolute Gasteiger partial charge is 0.244 e. The van der Waals surface area contributed by atoms with Gasteiger partial charge < -0.3 is 14.8 Å². The van der Waals surface area contributed by atoms with Crippen molar-refractivity contribution in [1.29, 1.82) is 0 Å². The first-order valence-electron chi connectivity index (χ1n) is 8.87. The minimum Gasteiger partial charge on any atom is -0.335 e. The van der Waals surface area contributed by atoms with Crippen molar-refractivity contribution >= 4 is 34.1 Å². The maximum absolute atomic E-state index is 12.5. The molecule has 1 aromatic heterocycles. The van der Waals surface area contributed by atoms with Gasteiger partial charge in [0.2, 0.25) is 11.8 Å². The number of benzene rings is 2. The van der Waals surface area contributed by atoms with E-state index in [0.717, 1.165) is 40.9 Å². The summed E-state index contributed by atoms with van der Waals surface area (Å²) in [5.41, 5.74) is 3.74. The second kappa shape index (κ2) is 6.67. The Morgan fingerprint density at radius 1 is 1.12 bits per heavy atom. The summed E-state index contributed by atoms with van der Waals surface area (Å²) in [5.74, 6) is 0.0937. The maximum Gasteiger partial charge on any atom is 0.244 e. The fraction of sp³-hybridized carbons (Fsp3) is 0.238. The Morgan fingerprint density at radius 3 is 2.62 bits per heavy atom. The number of amides is 2. The Kier molecular flexibility index (Phi) is 4.21. The average molecular weight is 347 g/mol. The van der Waals surface area contributed by atoms with E-state index < -0.39 is 0 Å². The van der Waals surface area contributed by atoms with Crippen LogP contribution in [-0.2, 0) is 16.1 Å². The highest BCUT2D eigenvalue weighted by atomic mass is 16.2. The van der Waals surface area contributed by atoms with Gasteiger partial charge in [-0.3, -0.25) is 9.59 Å². The van der Waals surface area contributed by atoms with E-state index in [4.69, 9.17) is 0 Å². The van der Waals surface area contributed by atoms with E-state index in [9.17, 15) is 9.59 Å². The number of anilines is 2. The van der Waals surface area contributed by atoms with Gasteiger partial charge >= 0.3 is 0 Å². The number of hydrogen-bond acceptors (Lipinski definition) is 2. The summed E-state index contributed by atoms with van der Waals surface area (Å²) in [5, 5.41) is 4.07. The molecule has 0 bridgehead atoms. The van der Waals surface area contributed by atoms with Crippen molar-refractivity contribution in [2.24, 2.45) is 0 Å². The van der Waals surface area contributed by atoms with Gasteiger partial charge in [0.25, 0.3) is 0 Å². The third-order valence-electron chi connectivity index (χ3n) is 4.86. The number of nitrogens with one attached hydrogen (secondary N) is 1. The minimum atomic E-state index is -0.0700. The zero-order valence-electron chi connectivity index (χ0n) is 14.7. The molecule has 2 amide bonds. The molecule has 0 radical (unpaired) electrons. The summed E-state index contributed by atoms with van der Waals surface area (Å²) in [6.07, 6.45) is 1.52. The molecule has 0 atom stereocenters. The number of fused-ring (bicyclic) bond motifs is 1. The molecule has 4 rings (SSSR count). The van der Waals surface area contributed by atoms with Crippen LogP contribution >= 0.6 is 0 Å². The van der Waals surface area contributed by atoms with Crippen molar-refractivity contribution in [1.82, 2.24) is 4.57 Å². The van der Waals surface area contributed by atoms with Gasteiger partial charge in [-0.1, -0.05) is 18.2 Å². The molecule has 0 aliphatic carbocycles. The van der Waals surface area contributed by atoms with Gasteiger partial charge in [0.05, 0.1) is 0 Å². The molecule has 1 aliphatic rings. The normalized spacial score (nSPS) is 14.2. The molecule has 1 saturated heterocycles. The largest absolute Gasteiger partial charge is 0.335 e. The lowest BCUT2D eigenvalue weighted by molar-refractivity contribution is -0.117. The van der Waals surface area contributed by atoms with Gasteiger partial charge in [-0.25, -0.2) is 0 Å². The Morgan fingerprint density at radius 2 is 1.88 bits per heavy atom. The molecule has 1 fully saturated rings. The van der Waals surface area contributed by atoms with Crippen molar-refractivity contribution in [2.75, 3.05) is 16.8 Å². The van der Waals surface area contributed by atoms with Crippen LogP contribution in [0.15, 0.2) is 54.6 Å². The highest BCUT2D eigenvalue weighted by Gasteiger charge is 2.21. The van der Waals surface area contributed by atoms with Gasteiger partial charge in [-0.2, -0.15) is 0 Å². The lowest BCUT2D eigenvalue weighted by Crippen LogP contribution is -2.23. The first-order valence-corrected chi connectivity index (χ1v) is 8.87. The number of aryl methyl sites for hydroxylation is 1. The minimum absolute atomic E-state index is 0.0700. The van der Waals surface area contributed by atoms with Crippen LogP contribution in [0.25, 0.3) is 10.9 Å². The molecular formula is C21H21N3O2. The Hall–Kier alpha value is -3.08. The fourth-order valence-corrected chi connectivity index (χ4v) is 3.55. The van der Waals surface area contributed by atoms with Crippen molar-refractivity contribution in [3.63, 3.8) is 0 Å². The predicted octanol–water partition coefficient (Wildman–Crippen LogP) is 3.72. The van der Waals surface area contributed by atoms with Crippen molar-refractivity contribution < 1.29 is 9.59 Å². The fourth-order valence-electron chi connectivity index (χ4n) is 3.55. The molecule has 2 aromatic carbocycles. The number of carbonyl (C=O) groups excluding carboxylic acids is 2. The van der Waals surface area contributed by atoms with E-state index in [1.165, 1.54) is 0 Å². The summed E-state index contributed by atoms with van der Waals surface area (Å²) < 4.78 is 2.02. The molecule has 0 saturated carbocycles. The number of para-hydroxylation sites is 1. The van der Waals surface area contributed by atoms with E-state index in [2.05, 4.69) is 17.4 Å². The lowest BCUT2D eigenvalue weighted by atomic mass is 10.2. The molecule has 1 N–H and O–H groups in total. The Balaban J connectivity index is 1.46. The zero-order chi connectivity index (χ0) is 18.1. The van der Waals surface area contributed by atoms with Gasteiger partial charge in [-0.15, -0.1) is 0 Å². The summed E-state index contributed by atoms with van der Waals surface area (Å²) in [6.45, 7) is 3.05. The van der Waals surface area contributed by atoms with E-state index in [0.29, 0.717) is 6.42 Å². The molecule has 0 spiro atoms. The molecule has 132 valence electrons. The number of rotatable bonds is 4. The Bertz CT molecular complexity index is 973. The average Bonchev–Trinajstić information content (AvgIpc) is 3.19. The third kappa shape index (κ3) is 3.08. The third-order valence-corrected chi connectivity index (χ3v) is 4.86. The number of nitrogens with zero attached hydrogens (tertiary/aromatic N) is 2. The summed E-state index contributed by atoms with van der Waals surface area (Å²) in [6, 6.07) is 17.6. The van der Waals surface area contributed by atoms with E-state index in [1.807, 2.05) is 54.0 Å².